The van der Waals surface area contributed by atoms with Gasteiger partial charge in [0.2, 0.25) is 0 Å². The van der Waals surface area contributed by atoms with Crippen LogP contribution in [0.2, 0.25) is 0 Å². The van der Waals surface area contributed by atoms with E-state index in [1.165, 1.54) is 0 Å². The van der Waals surface area contributed by atoms with Crippen molar-refractivity contribution in [2.75, 3.05) is 6.54 Å². The van der Waals surface area contributed by atoms with E-state index in [9.17, 15) is 28.5 Å². The fraction of sp³-hybridized carbons (Fsp3) is 0.400. The number of phenols is 1. The topological polar surface area (TPSA) is 109 Å². The second-order valence-corrected chi connectivity index (χ2v) is 3.74. The van der Waals surface area contributed by atoms with Crippen molar-refractivity contribution in [2.24, 2.45) is 5.11 Å². The fourth-order valence-electron chi connectivity index (χ4n) is 1.41. The summed E-state index contributed by atoms with van der Waals surface area (Å²) in [5.41, 5.74) is 6.56. The third kappa shape index (κ3) is 4.02. The van der Waals surface area contributed by atoms with Gasteiger partial charge in [-0.1, -0.05) is 5.11 Å². The monoisotopic (exact) mass is 277 g/mol. The molecule has 1 rings (SSSR count). The lowest BCUT2D eigenvalue weighted by Gasteiger charge is -2.18. The molecule has 1 aromatic carbocycles. The van der Waals surface area contributed by atoms with Crippen molar-refractivity contribution >= 4 is 0 Å². The van der Waals surface area contributed by atoms with Crippen molar-refractivity contribution in [3.8, 4) is 5.75 Å². The third-order valence-corrected chi connectivity index (χ3v) is 2.31. The lowest BCUT2D eigenvalue weighted by Crippen LogP contribution is -2.21. The van der Waals surface area contributed by atoms with Gasteiger partial charge >= 0.3 is 6.18 Å². The Morgan fingerprint density at radius 2 is 1.89 bits per heavy atom. The summed E-state index contributed by atoms with van der Waals surface area (Å²) in [5, 5.41) is 31.2. The molecule has 0 heterocycles. The van der Waals surface area contributed by atoms with E-state index in [1.807, 2.05) is 0 Å². The molecule has 0 bridgehead atoms. The average Bonchev–Trinajstić information content (AvgIpc) is 2.33. The molecule has 0 saturated heterocycles. The zero-order valence-corrected chi connectivity index (χ0v) is 9.41. The second-order valence-electron chi connectivity index (χ2n) is 3.74. The standard InChI is InChI=1S/C10H10F3N3O3/c11-10(12,13)6-1-5(2-7(17)3-6)9(19)8(18)4-15-16-14/h1-3,8-9,17-19H,4H2. The fourth-order valence-corrected chi connectivity index (χ4v) is 1.41. The molecule has 1 aromatic rings. The second kappa shape index (κ2) is 5.79. The first-order valence-corrected chi connectivity index (χ1v) is 5.04. The Morgan fingerprint density at radius 3 is 2.42 bits per heavy atom. The summed E-state index contributed by atoms with van der Waals surface area (Å²) in [4.78, 5) is 2.35. The van der Waals surface area contributed by atoms with Crippen molar-refractivity contribution in [3.63, 3.8) is 0 Å². The van der Waals surface area contributed by atoms with E-state index in [1.54, 1.807) is 0 Å². The number of aromatic hydroxyl groups is 1. The first kappa shape index (κ1) is 15.1. The molecular formula is C10H10F3N3O3. The maximum absolute atomic E-state index is 12.5. The third-order valence-electron chi connectivity index (χ3n) is 2.31. The number of rotatable bonds is 4. The molecule has 6 nitrogen and oxygen atoms in total. The van der Waals surface area contributed by atoms with E-state index in [0.29, 0.717) is 12.1 Å². The van der Waals surface area contributed by atoms with Crippen LogP contribution in [0.4, 0.5) is 13.2 Å². The molecule has 0 aliphatic rings. The number of hydrogen-bond acceptors (Lipinski definition) is 4. The Labute approximate surface area is 105 Å². The van der Waals surface area contributed by atoms with E-state index in [2.05, 4.69) is 10.0 Å². The Hall–Kier alpha value is -1.96. The SMILES string of the molecule is [N-]=[N+]=NCC(O)C(O)c1cc(O)cc(C(F)(F)F)c1. The van der Waals surface area contributed by atoms with Crippen LogP contribution in [-0.2, 0) is 6.18 Å². The summed E-state index contributed by atoms with van der Waals surface area (Å²) in [6.45, 7) is -0.505. The molecule has 104 valence electrons. The van der Waals surface area contributed by atoms with Crippen LogP contribution < -0.4 is 0 Å². The van der Waals surface area contributed by atoms with Crippen LogP contribution in [0.15, 0.2) is 23.3 Å². The van der Waals surface area contributed by atoms with Gasteiger partial charge in [-0.2, -0.15) is 13.2 Å². The molecule has 0 amide bonds. The summed E-state index contributed by atoms with van der Waals surface area (Å²) < 4.78 is 37.5. The Bertz CT molecular complexity index is 501. The minimum atomic E-state index is -4.69. The number of halogens is 3. The highest BCUT2D eigenvalue weighted by Gasteiger charge is 2.32. The van der Waals surface area contributed by atoms with Gasteiger partial charge < -0.3 is 15.3 Å². The van der Waals surface area contributed by atoms with E-state index >= 15 is 0 Å². The number of aliphatic hydroxyl groups is 2. The van der Waals surface area contributed by atoms with Crippen molar-refractivity contribution in [1.82, 2.24) is 0 Å². The highest BCUT2D eigenvalue weighted by Crippen LogP contribution is 2.34. The van der Waals surface area contributed by atoms with Gasteiger partial charge in [0.05, 0.1) is 18.2 Å². The Morgan fingerprint density at radius 1 is 1.26 bits per heavy atom. The summed E-state index contributed by atoms with van der Waals surface area (Å²) in [6.07, 6.45) is -7.97. The normalized spacial score (nSPS) is 14.6. The molecule has 19 heavy (non-hydrogen) atoms. The van der Waals surface area contributed by atoms with E-state index in [4.69, 9.17) is 5.53 Å². The maximum Gasteiger partial charge on any atom is 0.416 e. The van der Waals surface area contributed by atoms with Crippen LogP contribution in [0.25, 0.3) is 10.4 Å². The minimum absolute atomic E-state index is 0.326. The molecule has 0 fully saturated rings. The van der Waals surface area contributed by atoms with Crippen LogP contribution in [-0.4, -0.2) is 28.0 Å². The average molecular weight is 277 g/mol. The summed E-state index contributed by atoms with van der Waals surface area (Å²) >= 11 is 0. The molecule has 0 aromatic heterocycles. The lowest BCUT2D eigenvalue weighted by atomic mass is 10.0. The molecule has 0 spiro atoms. The van der Waals surface area contributed by atoms with Crippen LogP contribution >= 0.6 is 0 Å². The summed E-state index contributed by atoms with van der Waals surface area (Å²) in [5.74, 6) is -0.695. The van der Waals surface area contributed by atoms with Crippen LogP contribution in [0.1, 0.15) is 17.2 Å². The Balaban J connectivity index is 3.06. The molecule has 9 heteroatoms. The first-order valence-electron chi connectivity index (χ1n) is 5.04. The number of azide groups is 1. The molecule has 2 unspecified atom stereocenters. The zero-order chi connectivity index (χ0) is 14.6. The van der Waals surface area contributed by atoms with Gasteiger partial charge in [-0.3, -0.25) is 0 Å². The van der Waals surface area contributed by atoms with E-state index < -0.39 is 36.2 Å². The number of benzene rings is 1. The molecular weight excluding hydrogens is 267 g/mol. The number of aliphatic hydroxyl groups excluding tert-OH is 2. The number of nitrogens with zero attached hydrogens (tertiary/aromatic N) is 3. The molecule has 0 aliphatic carbocycles. The van der Waals surface area contributed by atoms with Crippen molar-refractivity contribution in [3.05, 3.63) is 39.8 Å². The van der Waals surface area contributed by atoms with Gasteiger partial charge in [-0.25, -0.2) is 0 Å². The smallest absolute Gasteiger partial charge is 0.416 e. The zero-order valence-electron chi connectivity index (χ0n) is 9.41. The van der Waals surface area contributed by atoms with Crippen molar-refractivity contribution in [1.29, 1.82) is 0 Å². The predicted molar refractivity (Wildman–Crippen MR) is 58.1 cm³/mol. The van der Waals surface area contributed by atoms with Gasteiger partial charge in [0.25, 0.3) is 0 Å². The van der Waals surface area contributed by atoms with Crippen LogP contribution in [0, 0.1) is 0 Å². The van der Waals surface area contributed by atoms with Gasteiger partial charge in [0.15, 0.2) is 0 Å². The summed E-state index contributed by atoms with van der Waals surface area (Å²) in [6, 6.07) is 1.99. The predicted octanol–water partition coefficient (Wildman–Crippen LogP) is 2.12. The largest absolute Gasteiger partial charge is 0.508 e. The number of hydrogen-bond donors (Lipinski definition) is 3. The van der Waals surface area contributed by atoms with E-state index in [-0.39, 0.29) is 5.56 Å². The highest BCUT2D eigenvalue weighted by atomic mass is 19.4. The quantitative estimate of drug-likeness (QED) is 0.445. The number of phenolic OH excluding ortho intramolecular Hbond substituents is 1. The van der Waals surface area contributed by atoms with Gasteiger partial charge in [-0.05, 0) is 29.3 Å². The van der Waals surface area contributed by atoms with Gasteiger partial charge in [0, 0.05) is 4.91 Å². The van der Waals surface area contributed by atoms with Gasteiger partial charge in [0.1, 0.15) is 11.9 Å². The van der Waals surface area contributed by atoms with Crippen molar-refractivity contribution in [2.45, 2.75) is 18.4 Å². The summed E-state index contributed by atoms with van der Waals surface area (Å²) in [7, 11) is 0. The minimum Gasteiger partial charge on any atom is -0.508 e. The van der Waals surface area contributed by atoms with Crippen molar-refractivity contribution < 1.29 is 28.5 Å². The maximum atomic E-state index is 12.5. The van der Waals surface area contributed by atoms with Gasteiger partial charge in [-0.15, -0.1) is 0 Å². The van der Waals surface area contributed by atoms with Crippen LogP contribution in [0.5, 0.6) is 5.75 Å². The Kier molecular flexibility index (Phi) is 4.60. The first-order chi connectivity index (χ1) is 8.75. The number of alkyl halides is 3. The molecule has 0 aliphatic heterocycles. The van der Waals surface area contributed by atoms with Crippen LogP contribution in [0.3, 0.4) is 0 Å². The lowest BCUT2D eigenvalue weighted by molar-refractivity contribution is -0.137. The van der Waals surface area contributed by atoms with E-state index in [0.717, 1.165) is 6.07 Å². The molecule has 2 atom stereocenters. The molecule has 0 radical (unpaired) electrons. The molecule has 3 N–H and O–H groups in total. The molecule has 0 saturated carbocycles. The highest BCUT2D eigenvalue weighted by molar-refractivity contribution is 5.36.